The summed E-state index contributed by atoms with van der Waals surface area (Å²) in [5, 5.41) is 9.50. The van der Waals surface area contributed by atoms with E-state index in [1.165, 1.54) is 109 Å². The van der Waals surface area contributed by atoms with Gasteiger partial charge < -0.3 is 5.11 Å². The summed E-state index contributed by atoms with van der Waals surface area (Å²) in [5.41, 5.74) is 0. The van der Waals surface area contributed by atoms with Crippen LogP contribution in [0, 0.1) is 0 Å². The molecule has 0 fully saturated rings. The Labute approximate surface area is 182 Å². The van der Waals surface area contributed by atoms with Gasteiger partial charge in [0.2, 0.25) is 0 Å². The Morgan fingerprint density at radius 2 is 0.828 bits per heavy atom. The van der Waals surface area contributed by atoms with Crippen LogP contribution >= 0.6 is 0 Å². The Morgan fingerprint density at radius 1 is 0.552 bits per heavy atom. The molecule has 0 saturated carbocycles. The van der Waals surface area contributed by atoms with Gasteiger partial charge in [-0.3, -0.25) is 4.55 Å². The third-order valence-corrected chi connectivity index (χ3v) is 6.60. The Bertz CT molecular complexity index is 423. The first-order valence-corrected chi connectivity index (χ1v) is 14.2. The van der Waals surface area contributed by atoms with E-state index < -0.39 is 22.0 Å². The molecule has 29 heavy (non-hydrogen) atoms. The van der Waals surface area contributed by atoms with Crippen LogP contribution in [0.5, 0.6) is 0 Å². The Hall–Kier alpha value is -0.130. The highest BCUT2D eigenvalue weighted by atomic mass is 32.2. The van der Waals surface area contributed by atoms with Crippen LogP contribution in [-0.4, -0.2) is 29.9 Å². The van der Waals surface area contributed by atoms with Crippen LogP contribution in [0.4, 0.5) is 0 Å². The van der Waals surface area contributed by atoms with Crippen molar-refractivity contribution in [2.45, 2.75) is 148 Å². The summed E-state index contributed by atoms with van der Waals surface area (Å²) in [4.78, 5) is 0. The van der Waals surface area contributed by atoms with Crippen LogP contribution in [0.1, 0.15) is 142 Å². The van der Waals surface area contributed by atoms with E-state index in [4.69, 9.17) is 4.55 Å². The Kier molecular flexibility index (Phi) is 21.0. The van der Waals surface area contributed by atoms with E-state index in [2.05, 4.69) is 6.92 Å². The maximum absolute atomic E-state index is 10.6. The minimum absolute atomic E-state index is 0.457. The second kappa shape index (κ2) is 21.1. The van der Waals surface area contributed by atoms with Crippen molar-refractivity contribution < 1.29 is 18.1 Å². The molecule has 0 aliphatic rings. The van der Waals surface area contributed by atoms with Crippen molar-refractivity contribution in [2.24, 2.45) is 0 Å². The lowest BCUT2D eigenvalue weighted by Crippen LogP contribution is -2.19. The van der Waals surface area contributed by atoms with Gasteiger partial charge in [-0.05, 0) is 6.42 Å². The normalized spacial score (nSPS) is 13.1. The molecule has 1 atom stereocenters. The number of rotatable bonds is 23. The fourth-order valence-corrected chi connectivity index (χ4v) is 4.61. The molecule has 2 N–H and O–H groups in total. The zero-order valence-corrected chi connectivity index (χ0v) is 20.1. The fraction of sp³-hybridized carbons (Fsp3) is 1.00. The molecule has 0 bridgehead atoms. The van der Waals surface area contributed by atoms with Crippen molar-refractivity contribution >= 4 is 10.1 Å². The van der Waals surface area contributed by atoms with E-state index in [1.807, 2.05) is 0 Å². The highest BCUT2D eigenvalue weighted by Gasteiger charge is 2.13. The predicted octanol–water partition coefficient (Wildman–Crippen LogP) is 7.45. The largest absolute Gasteiger partial charge is 0.392 e. The van der Waals surface area contributed by atoms with Gasteiger partial charge in [-0.25, -0.2) is 0 Å². The van der Waals surface area contributed by atoms with Crippen LogP contribution < -0.4 is 0 Å². The SMILES string of the molecule is CCCCCCCCCCCCCCCCCCCCCCC(O)CS(=O)(=O)O. The summed E-state index contributed by atoms with van der Waals surface area (Å²) >= 11 is 0. The minimum atomic E-state index is -4.05. The van der Waals surface area contributed by atoms with E-state index in [0.717, 1.165) is 19.3 Å². The van der Waals surface area contributed by atoms with Crippen molar-refractivity contribution in [1.82, 2.24) is 0 Å². The molecule has 0 amide bonds. The fourth-order valence-electron chi connectivity index (χ4n) is 3.96. The number of hydrogen-bond donors (Lipinski definition) is 2. The quantitative estimate of drug-likeness (QED) is 0.129. The molecule has 0 spiro atoms. The van der Waals surface area contributed by atoms with E-state index in [-0.39, 0.29) is 0 Å². The Balaban J connectivity index is 3.12. The number of unbranched alkanes of at least 4 members (excludes halogenated alkanes) is 19. The molecule has 0 aromatic heterocycles. The monoisotopic (exact) mass is 434 g/mol. The summed E-state index contributed by atoms with van der Waals surface area (Å²) in [7, 11) is -4.05. The third kappa shape index (κ3) is 25.8. The van der Waals surface area contributed by atoms with Crippen molar-refractivity contribution in [3.63, 3.8) is 0 Å². The molecule has 0 aromatic carbocycles. The number of aliphatic hydroxyl groups excluding tert-OH is 1. The van der Waals surface area contributed by atoms with Gasteiger partial charge in [0.25, 0.3) is 10.1 Å². The lowest BCUT2D eigenvalue weighted by molar-refractivity contribution is 0.180. The highest BCUT2D eigenvalue weighted by molar-refractivity contribution is 7.85. The van der Waals surface area contributed by atoms with Gasteiger partial charge in [0, 0.05) is 0 Å². The lowest BCUT2D eigenvalue weighted by Gasteiger charge is -2.08. The van der Waals surface area contributed by atoms with Gasteiger partial charge in [0.1, 0.15) is 5.75 Å². The smallest absolute Gasteiger partial charge is 0.267 e. The second-order valence-corrected chi connectivity index (χ2v) is 10.4. The molecule has 0 saturated heterocycles. The predicted molar refractivity (Wildman–Crippen MR) is 125 cm³/mol. The van der Waals surface area contributed by atoms with E-state index in [0.29, 0.717) is 6.42 Å². The van der Waals surface area contributed by atoms with E-state index >= 15 is 0 Å². The molecule has 0 rings (SSSR count). The van der Waals surface area contributed by atoms with Crippen LogP contribution in [0.15, 0.2) is 0 Å². The summed E-state index contributed by atoms with van der Waals surface area (Å²) in [6.07, 6.45) is 26.1. The summed E-state index contributed by atoms with van der Waals surface area (Å²) < 4.78 is 30.0. The molecule has 4 nitrogen and oxygen atoms in total. The highest BCUT2D eigenvalue weighted by Crippen LogP contribution is 2.15. The topological polar surface area (TPSA) is 74.6 Å². The first kappa shape index (κ1) is 28.9. The molecule has 0 aliphatic carbocycles. The zero-order valence-electron chi connectivity index (χ0n) is 19.3. The van der Waals surface area contributed by atoms with Crippen LogP contribution in [0.2, 0.25) is 0 Å². The molecule has 0 aromatic rings. The van der Waals surface area contributed by atoms with E-state index in [9.17, 15) is 13.5 Å². The van der Waals surface area contributed by atoms with Gasteiger partial charge >= 0.3 is 0 Å². The first-order chi connectivity index (χ1) is 14.0. The first-order valence-electron chi connectivity index (χ1n) is 12.6. The van der Waals surface area contributed by atoms with Gasteiger partial charge in [0.15, 0.2) is 0 Å². The van der Waals surface area contributed by atoms with Gasteiger partial charge in [-0.2, -0.15) is 8.42 Å². The molecule has 176 valence electrons. The average molecular weight is 435 g/mol. The summed E-state index contributed by atoms with van der Waals surface area (Å²) in [6, 6.07) is 0. The Morgan fingerprint density at radius 3 is 1.10 bits per heavy atom. The second-order valence-electron chi connectivity index (χ2n) is 8.91. The van der Waals surface area contributed by atoms with Crippen molar-refractivity contribution in [3.8, 4) is 0 Å². The van der Waals surface area contributed by atoms with E-state index in [1.54, 1.807) is 0 Å². The maximum atomic E-state index is 10.6. The zero-order chi connectivity index (χ0) is 21.6. The molecule has 0 aliphatic heterocycles. The van der Waals surface area contributed by atoms with Gasteiger partial charge in [0.05, 0.1) is 6.10 Å². The molecule has 0 heterocycles. The standard InChI is InChI=1S/C24H50O4S/c1-2-3-4-5-6-7-8-9-10-11-12-13-14-15-16-17-18-19-20-21-22-24(25)23-29(26,27)28/h24-25H,2-23H2,1H3,(H,26,27,28). The average Bonchev–Trinajstić information content (AvgIpc) is 2.65. The molecule has 0 radical (unpaired) electrons. The van der Waals surface area contributed by atoms with Crippen LogP contribution in [0.3, 0.4) is 0 Å². The maximum Gasteiger partial charge on any atom is 0.267 e. The number of hydrogen-bond acceptors (Lipinski definition) is 3. The van der Waals surface area contributed by atoms with Crippen molar-refractivity contribution in [3.05, 3.63) is 0 Å². The van der Waals surface area contributed by atoms with Crippen LogP contribution in [-0.2, 0) is 10.1 Å². The van der Waals surface area contributed by atoms with Crippen LogP contribution in [0.25, 0.3) is 0 Å². The van der Waals surface area contributed by atoms with Crippen molar-refractivity contribution in [2.75, 3.05) is 5.75 Å². The van der Waals surface area contributed by atoms with Gasteiger partial charge in [-0.1, -0.05) is 135 Å². The lowest BCUT2D eigenvalue weighted by atomic mass is 10.0. The summed E-state index contributed by atoms with van der Waals surface area (Å²) in [5.74, 6) is -0.536. The van der Waals surface area contributed by atoms with Gasteiger partial charge in [-0.15, -0.1) is 0 Å². The molecule has 1 unspecified atom stereocenters. The minimum Gasteiger partial charge on any atom is -0.392 e. The molecular formula is C24H50O4S. The van der Waals surface area contributed by atoms with Crippen molar-refractivity contribution in [1.29, 1.82) is 0 Å². The number of aliphatic hydroxyl groups is 1. The molecule has 5 heteroatoms. The summed E-state index contributed by atoms with van der Waals surface area (Å²) in [6.45, 7) is 2.28. The third-order valence-electron chi connectivity index (χ3n) is 5.79. The molecular weight excluding hydrogens is 384 g/mol.